The van der Waals surface area contributed by atoms with Crippen LogP contribution in [0, 0.1) is 5.92 Å². The summed E-state index contributed by atoms with van der Waals surface area (Å²) in [6.07, 6.45) is 6.74. The van der Waals surface area contributed by atoms with Crippen molar-refractivity contribution in [3.63, 3.8) is 0 Å². The van der Waals surface area contributed by atoms with E-state index in [-0.39, 0.29) is 11.9 Å². The molecule has 0 saturated heterocycles. The van der Waals surface area contributed by atoms with Gasteiger partial charge in [0.2, 0.25) is 11.8 Å². The van der Waals surface area contributed by atoms with Gasteiger partial charge < -0.3 is 14.6 Å². The molecule has 1 aromatic carbocycles. The molecule has 1 N–H and O–H groups in total. The van der Waals surface area contributed by atoms with E-state index in [9.17, 15) is 4.79 Å². The molecule has 2 aromatic heterocycles. The van der Waals surface area contributed by atoms with E-state index < -0.39 is 0 Å². The van der Waals surface area contributed by atoms with Gasteiger partial charge in [0, 0.05) is 32.3 Å². The van der Waals surface area contributed by atoms with Crippen molar-refractivity contribution in [2.75, 3.05) is 7.11 Å². The molecule has 0 bridgehead atoms. The number of para-hydroxylation sites is 2. The van der Waals surface area contributed by atoms with E-state index in [1.807, 2.05) is 42.1 Å². The number of hydrogen-bond donors (Lipinski definition) is 1. The van der Waals surface area contributed by atoms with Gasteiger partial charge in [-0.25, -0.2) is 15.0 Å². The zero-order chi connectivity index (χ0) is 18.8. The molecule has 1 amide bonds. The highest BCUT2D eigenvalue weighted by Gasteiger charge is 2.35. The monoisotopic (exact) mass is 365 g/mol. The number of aryl methyl sites for hydroxylation is 2. The lowest BCUT2D eigenvalue weighted by molar-refractivity contribution is -0.122. The van der Waals surface area contributed by atoms with Crippen LogP contribution in [0.1, 0.15) is 36.8 Å². The van der Waals surface area contributed by atoms with Crippen LogP contribution >= 0.6 is 0 Å². The Labute approximate surface area is 157 Å². The second-order valence-corrected chi connectivity index (χ2v) is 6.95. The summed E-state index contributed by atoms with van der Waals surface area (Å²) in [5.41, 5.74) is 2.29. The summed E-state index contributed by atoms with van der Waals surface area (Å²) in [6, 6.07) is 7.62. The van der Waals surface area contributed by atoms with Crippen molar-refractivity contribution in [2.24, 2.45) is 13.0 Å². The van der Waals surface area contributed by atoms with Gasteiger partial charge in [0.15, 0.2) is 0 Å². The predicted octanol–water partition coefficient (Wildman–Crippen LogP) is 2.57. The van der Waals surface area contributed by atoms with Crippen molar-refractivity contribution in [1.29, 1.82) is 0 Å². The summed E-state index contributed by atoms with van der Waals surface area (Å²) in [5, 5.41) is 3.16. The van der Waals surface area contributed by atoms with E-state index in [2.05, 4.69) is 20.3 Å². The largest absolute Gasteiger partial charge is 0.480 e. The Kier molecular flexibility index (Phi) is 4.75. The number of benzene rings is 1. The van der Waals surface area contributed by atoms with Crippen LogP contribution < -0.4 is 10.1 Å². The van der Waals surface area contributed by atoms with Crippen LogP contribution in [0.3, 0.4) is 0 Å². The first-order chi connectivity index (χ1) is 13.2. The van der Waals surface area contributed by atoms with Crippen molar-refractivity contribution >= 4 is 16.9 Å². The Morgan fingerprint density at radius 2 is 2.04 bits per heavy atom. The summed E-state index contributed by atoms with van der Waals surface area (Å²) in [6.45, 7) is 0. The van der Waals surface area contributed by atoms with Crippen LogP contribution in [0.25, 0.3) is 11.0 Å². The summed E-state index contributed by atoms with van der Waals surface area (Å²) in [4.78, 5) is 26.1. The number of aromatic nitrogens is 4. The van der Waals surface area contributed by atoms with Gasteiger partial charge in [-0.05, 0) is 30.9 Å². The zero-order valence-corrected chi connectivity index (χ0v) is 15.6. The van der Waals surface area contributed by atoms with Crippen LogP contribution in [0.5, 0.6) is 5.88 Å². The van der Waals surface area contributed by atoms with E-state index in [1.165, 1.54) is 0 Å². The second-order valence-electron chi connectivity index (χ2n) is 6.95. The predicted molar refractivity (Wildman–Crippen MR) is 101 cm³/mol. The molecule has 27 heavy (non-hydrogen) atoms. The van der Waals surface area contributed by atoms with Gasteiger partial charge in [-0.15, -0.1) is 0 Å². The van der Waals surface area contributed by atoms with E-state index in [0.29, 0.717) is 30.3 Å². The lowest BCUT2D eigenvalue weighted by atomic mass is 10.1. The van der Waals surface area contributed by atoms with E-state index in [4.69, 9.17) is 4.74 Å². The number of fused-ring (bicyclic) bond motifs is 1. The zero-order valence-electron chi connectivity index (χ0n) is 15.6. The van der Waals surface area contributed by atoms with Crippen LogP contribution in [-0.2, 0) is 18.3 Å². The van der Waals surface area contributed by atoms with E-state index >= 15 is 0 Å². The number of hydrogen-bond acceptors (Lipinski definition) is 5. The minimum Gasteiger partial charge on any atom is -0.480 e. The minimum absolute atomic E-state index is 0.00749. The fourth-order valence-corrected chi connectivity index (χ4v) is 3.32. The third kappa shape index (κ3) is 3.77. The highest BCUT2D eigenvalue weighted by Crippen LogP contribution is 2.40. The van der Waals surface area contributed by atoms with Crippen molar-refractivity contribution in [2.45, 2.75) is 31.7 Å². The third-order valence-corrected chi connectivity index (χ3v) is 4.93. The number of imidazole rings is 1. The molecule has 7 heteroatoms. The lowest BCUT2D eigenvalue weighted by Gasteiger charge is -2.18. The van der Waals surface area contributed by atoms with Crippen LogP contribution in [0.2, 0.25) is 0 Å². The molecule has 1 aliphatic carbocycles. The van der Waals surface area contributed by atoms with Crippen molar-refractivity contribution in [3.05, 3.63) is 48.2 Å². The van der Waals surface area contributed by atoms with Crippen LogP contribution in [-0.4, -0.2) is 32.5 Å². The molecule has 2 heterocycles. The van der Waals surface area contributed by atoms with Gasteiger partial charge in [-0.3, -0.25) is 4.79 Å². The number of amides is 1. The number of ether oxygens (including phenoxy) is 1. The minimum atomic E-state index is -0.0258. The fourth-order valence-electron chi connectivity index (χ4n) is 3.32. The Morgan fingerprint density at radius 1 is 1.30 bits per heavy atom. The normalized spacial score (nSPS) is 14.9. The Morgan fingerprint density at radius 3 is 2.67 bits per heavy atom. The molecule has 0 spiro atoms. The van der Waals surface area contributed by atoms with Gasteiger partial charge in [0.05, 0.1) is 24.2 Å². The first-order valence-electron chi connectivity index (χ1n) is 9.22. The van der Waals surface area contributed by atoms with Gasteiger partial charge in [-0.2, -0.15) is 0 Å². The molecule has 0 aliphatic heterocycles. The molecule has 3 aromatic rings. The average molecular weight is 365 g/mol. The summed E-state index contributed by atoms with van der Waals surface area (Å²) in [5.74, 6) is 1.86. The molecular formula is C20H23N5O2. The summed E-state index contributed by atoms with van der Waals surface area (Å²) < 4.78 is 7.34. The molecule has 1 unspecified atom stereocenters. The van der Waals surface area contributed by atoms with Crippen LogP contribution in [0.15, 0.2) is 36.7 Å². The highest BCUT2D eigenvalue weighted by atomic mass is 16.5. The highest BCUT2D eigenvalue weighted by molar-refractivity contribution is 5.77. The quantitative estimate of drug-likeness (QED) is 0.696. The first-order valence-corrected chi connectivity index (χ1v) is 9.22. The number of methoxy groups -OCH3 is 1. The smallest absolute Gasteiger partial charge is 0.235 e. The maximum Gasteiger partial charge on any atom is 0.235 e. The van der Waals surface area contributed by atoms with Crippen molar-refractivity contribution in [1.82, 2.24) is 24.8 Å². The molecule has 7 nitrogen and oxygen atoms in total. The standard InChI is InChI=1S/C20H23N5O2/c1-25-12-11-21-19(25)18(13-7-8-13)24-17(26)10-9-16-20(27-2)23-15-6-4-3-5-14(15)22-16/h3-6,11-13,18H,7-10H2,1-2H3,(H,24,26). The van der Waals surface area contributed by atoms with Crippen LogP contribution in [0.4, 0.5) is 0 Å². The average Bonchev–Trinajstić information content (AvgIpc) is 3.44. The Hall–Kier alpha value is -2.96. The Balaban J connectivity index is 1.46. The topological polar surface area (TPSA) is 81.9 Å². The summed E-state index contributed by atoms with van der Waals surface area (Å²) >= 11 is 0. The van der Waals surface area contributed by atoms with Gasteiger partial charge in [0.25, 0.3) is 0 Å². The number of rotatable bonds is 7. The number of carbonyl (C=O) groups excluding carboxylic acids is 1. The van der Waals surface area contributed by atoms with E-state index in [0.717, 1.165) is 29.7 Å². The van der Waals surface area contributed by atoms with Crippen molar-refractivity contribution < 1.29 is 9.53 Å². The number of nitrogens with zero attached hydrogens (tertiary/aromatic N) is 4. The molecule has 1 saturated carbocycles. The fraction of sp³-hybridized carbons (Fsp3) is 0.400. The van der Waals surface area contributed by atoms with Gasteiger partial charge in [-0.1, -0.05) is 12.1 Å². The Bertz CT molecular complexity index is 964. The number of nitrogens with one attached hydrogen (secondary N) is 1. The van der Waals surface area contributed by atoms with Crippen molar-refractivity contribution in [3.8, 4) is 5.88 Å². The molecule has 1 atom stereocenters. The SMILES string of the molecule is COc1nc2ccccc2nc1CCC(=O)NC(c1nccn1C)C1CC1. The molecule has 0 radical (unpaired) electrons. The first kappa shape index (κ1) is 17.5. The lowest BCUT2D eigenvalue weighted by Crippen LogP contribution is -2.31. The molecule has 1 fully saturated rings. The van der Waals surface area contributed by atoms with E-state index in [1.54, 1.807) is 13.3 Å². The number of carbonyl (C=O) groups is 1. The second kappa shape index (κ2) is 7.34. The molecular weight excluding hydrogens is 342 g/mol. The maximum absolute atomic E-state index is 12.6. The third-order valence-electron chi connectivity index (χ3n) is 4.93. The van der Waals surface area contributed by atoms with Gasteiger partial charge >= 0.3 is 0 Å². The molecule has 1 aliphatic rings. The molecule has 140 valence electrons. The maximum atomic E-state index is 12.6. The molecule has 4 rings (SSSR count). The summed E-state index contributed by atoms with van der Waals surface area (Å²) in [7, 11) is 3.53. The van der Waals surface area contributed by atoms with Gasteiger partial charge in [0.1, 0.15) is 11.5 Å².